The number of benzene rings is 1. The van der Waals surface area contributed by atoms with E-state index >= 15 is 0 Å². The molecule has 4 N–H and O–H groups in total. The molecule has 2 aromatic rings. The quantitative estimate of drug-likeness (QED) is 0.185. The van der Waals surface area contributed by atoms with E-state index in [0.29, 0.717) is 12.3 Å². The normalized spacial score (nSPS) is 15.2. The summed E-state index contributed by atoms with van der Waals surface area (Å²) in [7, 11) is 0. The molecule has 0 atom stereocenters. The van der Waals surface area contributed by atoms with Gasteiger partial charge in [0.15, 0.2) is 0 Å². The molecule has 0 spiro atoms. The second-order valence-corrected chi connectivity index (χ2v) is 10.9. The van der Waals surface area contributed by atoms with Crippen molar-refractivity contribution in [3.05, 3.63) is 36.6 Å². The molecule has 194 valence electrons. The smallest absolute Gasteiger partial charge is 0.107 e. The van der Waals surface area contributed by atoms with Gasteiger partial charge in [-0.05, 0) is 24.6 Å². The second-order valence-electron chi connectivity index (χ2n) is 10.9. The van der Waals surface area contributed by atoms with E-state index in [9.17, 15) is 0 Å². The van der Waals surface area contributed by atoms with Gasteiger partial charge in [-0.1, -0.05) is 46.6 Å². The van der Waals surface area contributed by atoms with Gasteiger partial charge < -0.3 is 32.7 Å². The van der Waals surface area contributed by atoms with E-state index in [0.717, 1.165) is 80.4 Å². The van der Waals surface area contributed by atoms with E-state index < -0.39 is 0 Å². The van der Waals surface area contributed by atoms with Gasteiger partial charge in [-0.15, -0.1) is 0 Å². The molecule has 0 radical (unpaired) electrons. The third kappa shape index (κ3) is 8.44. The van der Waals surface area contributed by atoms with Crippen molar-refractivity contribution in [2.24, 2.45) is 5.41 Å². The SMILES string of the molecule is [CH2-]C(C)(C)OCC(C)(C)CN1CCN(c2ccc(N)c(-c3nc(CCCC)[nH]c3C=N)c2)CC1.[W]. The number of aryl methyl sites for hydroxylation is 1. The number of imidazole rings is 1. The maximum absolute atomic E-state index is 7.84. The van der Waals surface area contributed by atoms with Crippen LogP contribution in [0.1, 0.15) is 59.0 Å². The zero-order valence-corrected chi connectivity index (χ0v) is 25.0. The van der Waals surface area contributed by atoms with Crippen LogP contribution in [0.15, 0.2) is 18.2 Å². The van der Waals surface area contributed by atoms with Crippen molar-refractivity contribution in [1.29, 1.82) is 5.41 Å². The molecule has 1 aliphatic heterocycles. The zero-order valence-electron chi connectivity index (χ0n) is 22.1. The van der Waals surface area contributed by atoms with E-state index in [2.05, 4.69) is 54.6 Å². The van der Waals surface area contributed by atoms with Gasteiger partial charge in [-0.3, -0.25) is 4.90 Å². The summed E-state index contributed by atoms with van der Waals surface area (Å²) in [5.41, 5.74) is 10.3. The van der Waals surface area contributed by atoms with Crippen molar-refractivity contribution in [1.82, 2.24) is 14.9 Å². The van der Waals surface area contributed by atoms with Crippen LogP contribution in [0.2, 0.25) is 0 Å². The number of aromatic amines is 1. The second kappa shape index (κ2) is 12.5. The first-order valence-corrected chi connectivity index (χ1v) is 12.5. The molecule has 1 fully saturated rings. The average molecular weight is 652 g/mol. The summed E-state index contributed by atoms with van der Waals surface area (Å²) < 4.78 is 5.95. The van der Waals surface area contributed by atoms with Gasteiger partial charge in [-0.25, -0.2) is 4.98 Å². The number of hydrogen-bond donors (Lipinski definition) is 3. The van der Waals surface area contributed by atoms with Crippen molar-refractivity contribution in [3.8, 4) is 11.3 Å². The molecule has 1 saturated heterocycles. The maximum Gasteiger partial charge on any atom is 0.107 e. The standard InChI is InChI=1S/C27H43N6O.W/c1-7-8-9-24-30-23(17-28)25(31-24)21-16-20(10-11-22(21)29)33-14-12-32(13-15-33)18-27(5,6)19-34-26(2,3)4;/h10-11,16-17,28H,2,7-9,12-15,18-19,29H2,1,3-6H3,(H,30,31);/q-1;. The number of nitrogens with one attached hydrogen (secondary N) is 2. The Balaban J connectivity index is 0.00000432. The molecule has 1 aliphatic rings. The van der Waals surface area contributed by atoms with Crippen LogP contribution in [0.4, 0.5) is 11.4 Å². The van der Waals surface area contributed by atoms with Crippen molar-refractivity contribution in [2.45, 2.75) is 59.5 Å². The van der Waals surface area contributed by atoms with E-state index in [1.54, 1.807) is 0 Å². The van der Waals surface area contributed by atoms with Crippen molar-refractivity contribution in [2.75, 3.05) is 50.0 Å². The summed E-state index contributed by atoms with van der Waals surface area (Å²) in [5.74, 6) is 0.919. The molecule has 1 aromatic heterocycles. The number of H-pyrrole nitrogens is 1. The number of ether oxygens (including phenoxy) is 1. The average Bonchev–Trinajstić information content (AvgIpc) is 3.20. The Hall–Kier alpha value is -1.69. The van der Waals surface area contributed by atoms with Crippen molar-refractivity contribution in [3.63, 3.8) is 0 Å². The Bertz CT molecular complexity index is 957. The minimum Gasteiger partial charge on any atom is -0.407 e. The first kappa shape index (κ1) is 29.5. The van der Waals surface area contributed by atoms with Gasteiger partial charge in [0.25, 0.3) is 0 Å². The minimum atomic E-state index is -0.356. The Morgan fingerprint density at radius 1 is 1.20 bits per heavy atom. The van der Waals surface area contributed by atoms with Gasteiger partial charge in [0.1, 0.15) is 5.82 Å². The van der Waals surface area contributed by atoms with Gasteiger partial charge in [-0.2, -0.15) is 0 Å². The molecule has 0 bridgehead atoms. The molecule has 2 heterocycles. The van der Waals surface area contributed by atoms with Crippen LogP contribution in [0.3, 0.4) is 0 Å². The van der Waals surface area contributed by atoms with Crippen molar-refractivity contribution < 1.29 is 25.8 Å². The van der Waals surface area contributed by atoms with Crippen LogP contribution < -0.4 is 10.6 Å². The Morgan fingerprint density at radius 2 is 1.89 bits per heavy atom. The molecule has 1 aromatic carbocycles. The third-order valence-corrected chi connectivity index (χ3v) is 6.23. The molecule has 8 heteroatoms. The van der Waals surface area contributed by atoms with E-state index in [4.69, 9.17) is 20.9 Å². The van der Waals surface area contributed by atoms with E-state index in [-0.39, 0.29) is 32.1 Å². The summed E-state index contributed by atoms with van der Waals surface area (Å²) in [6, 6.07) is 6.19. The number of unbranched alkanes of at least 4 members (excludes halogenated alkanes) is 1. The van der Waals surface area contributed by atoms with Crippen LogP contribution in [0.5, 0.6) is 0 Å². The molecule has 7 nitrogen and oxygen atoms in total. The Morgan fingerprint density at radius 3 is 2.49 bits per heavy atom. The summed E-state index contributed by atoms with van der Waals surface area (Å²) >= 11 is 0. The van der Waals surface area contributed by atoms with Gasteiger partial charge >= 0.3 is 0 Å². The Labute approximate surface area is 226 Å². The first-order valence-electron chi connectivity index (χ1n) is 12.5. The molecular weight excluding hydrogens is 608 g/mol. The molecule has 0 saturated carbocycles. The molecule has 0 unspecified atom stereocenters. The maximum atomic E-state index is 7.84. The topological polar surface area (TPSA) is 94.3 Å². The number of nitrogen functional groups attached to an aromatic ring is 1. The number of piperazine rings is 1. The van der Waals surface area contributed by atoms with Crippen molar-refractivity contribution >= 4 is 17.6 Å². The van der Waals surface area contributed by atoms with Crippen LogP contribution in [0.25, 0.3) is 11.3 Å². The number of rotatable bonds is 11. The number of nitrogens with zero attached hydrogens (tertiary/aromatic N) is 3. The van der Waals surface area contributed by atoms with E-state index in [1.807, 2.05) is 19.9 Å². The van der Waals surface area contributed by atoms with Crippen LogP contribution in [0, 0.1) is 17.7 Å². The molecule has 0 amide bonds. The third-order valence-electron chi connectivity index (χ3n) is 6.23. The first-order chi connectivity index (χ1) is 16.0. The van der Waals surface area contributed by atoms with Crippen LogP contribution in [-0.2, 0) is 32.2 Å². The van der Waals surface area contributed by atoms with Gasteiger partial charge in [0.05, 0.1) is 18.0 Å². The minimum absolute atomic E-state index is 0. The fourth-order valence-electron chi connectivity index (χ4n) is 4.36. The van der Waals surface area contributed by atoms with Crippen LogP contribution in [-0.4, -0.2) is 66.0 Å². The fraction of sp³-hybridized carbons (Fsp3) is 0.593. The molecular formula is C27H43N6OW-. The van der Waals surface area contributed by atoms with Crippen LogP contribution >= 0.6 is 0 Å². The zero-order chi connectivity index (χ0) is 24.9. The van der Waals surface area contributed by atoms with Gasteiger partial charge in [0, 0.05) is 88.8 Å². The number of hydrogen-bond acceptors (Lipinski definition) is 6. The summed E-state index contributed by atoms with van der Waals surface area (Å²) in [5, 5.41) is 7.84. The summed E-state index contributed by atoms with van der Waals surface area (Å²) in [6.07, 6.45) is 4.40. The monoisotopic (exact) mass is 651 g/mol. The predicted octanol–water partition coefficient (Wildman–Crippen LogP) is 4.77. The van der Waals surface area contributed by atoms with Gasteiger partial charge in [0.2, 0.25) is 0 Å². The predicted molar refractivity (Wildman–Crippen MR) is 143 cm³/mol. The molecule has 35 heavy (non-hydrogen) atoms. The fourth-order valence-corrected chi connectivity index (χ4v) is 4.36. The Kier molecular flexibility index (Phi) is 10.6. The molecule has 3 rings (SSSR count). The van der Waals surface area contributed by atoms with E-state index in [1.165, 1.54) is 6.21 Å². The molecule has 0 aliphatic carbocycles. The summed E-state index contributed by atoms with van der Waals surface area (Å²) in [6.45, 7) is 20.4. The number of aromatic nitrogens is 2. The number of anilines is 2. The largest absolute Gasteiger partial charge is 0.407 e. The summed E-state index contributed by atoms with van der Waals surface area (Å²) in [4.78, 5) is 13.0. The number of nitrogens with two attached hydrogens (primary N) is 1.